The van der Waals surface area contributed by atoms with Crippen molar-refractivity contribution in [2.45, 2.75) is 43.9 Å². The van der Waals surface area contributed by atoms with Crippen molar-refractivity contribution < 1.29 is 4.79 Å². The summed E-state index contributed by atoms with van der Waals surface area (Å²) in [6, 6.07) is 2.08. The summed E-state index contributed by atoms with van der Waals surface area (Å²) in [4.78, 5) is 16.9. The Morgan fingerprint density at radius 3 is 3.14 bits per heavy atom. The number of hydrogen-bond donors (Lipinski definition) is 1. The van der Waals surface area contributed by atoms with Gasteiger partial charge in [0.25, 0.3) is 5.91 Å². The van der Waals surface area contributed by atoms with E-state index in [2.05, 4.69) is 21.7 Å². The lowest BCUT2D eigenvalue weighted by molar-refractivity contribution is 0.0929. The second kappa shape index (κ2) is 6.05. The van der Waals surface area contributed by atoms with Crippen LogP contribution in [0.15, 0.2) is 18.5 Å². The monoisotopic (exact) mass is 304 g/mol. The van der Waals surface area contributed by atoms with Gasteiger partial charge in [-0.15, -0.1) is 0 Å². The molecule has 0 spiro atoms. The Kier molecular flexibility index (Phi) is 4.14. The van der Waals surface area contributed by atoms with Crippen molar-refractivity contribution in [2.24, 2.45) is 0 Å². The molecule has 1 fully saturated rings. The molecule has 2 aromatic heterocycles. The number of carbonyl (C=O) groups is 1. The molecule has 0 aliphatic heterocycles. The molecule has 21 heavy (non-hydrogen) atoms. The molecule has 2 aromatic rings. The van der Waals surface area contributed by atoms with Crippen molar-refractivity contribution in [1.82, 2.24) is 19.9 Å². The fourth-order valence-corrected chi connectivity index (χ4v) is 3.84. The van der Waals surface area contributed by atoms with Crippen LogP contribution in [0.4, 0.5) is 0 Å². The van der Waals surface area contributed by atoms with Gasteiger partial charge < -0.3 is 5.32 Å². The summed E-state index contributed by atoms with van der Waals surface area (Å²) in [5.41, 5.74) is 1.95. The first kappa shape index (κ1) is 14.4. The number of amides is 1. The summed E-state index contributed by atoms with van der Waals surface area (Å²) in [5.74, 6) is -0.0482. The number of aromatic nitrogens is 3. The number of aryl methyl sites for hydroxylation is 1. The van der Waals surface area contributed by atoms with Gasteiger partial charge in [-0.25, -0.2) is 9.50 Å². The standard InChI is InChI=1S/C15H20N4OS/c1-10-13(14-16-7-4-8-19(14)18-10)15(20)17-11-5-3-6-12(9-11)21-2/h4,7-8,11-12H,3,5-6,9H2,1-2H3,(H,17,20)/t11-,12-/m0/s1. The normalized spacial score (nSPS) is 22.4. The van der Waals surface area contributed by atoms with Gasteiger partial charge >= 0.3 is 0 Å². The average Bonchev–Trinajstić information content (AvgIpc) is 2.83. The predicted molar refractivity (Wildman–Crippen MR) is 84.7 cm³/mol. The zero-order valence-electron chi connectivity index (χ0n) is 12.4. The van der Waals surface area contributed by atoms with Crippen LogP contribution < -0.4 is 5.32 Å². The van der Waals surface area contributed by atoms with E-state index in [-0.39, 0.29) is 11.9 Å². The molecule has 1 aliphatic carbocycles. The lowest BCUT2D eigenvalue weighted by atomic mass is 9.94. The van der Waals surface area contributed by atoms with Gasteiger partial charge in [0.15, 0.2) is 5.65 Å². The maximum atomic E-state index is 12.6. The highest BCUT2D eigenvalue weighted by Gasteiger charge is 2.25. The SMILES string of the molecule is CS[C@H]1CCC[C@H](NC(=O)c2c(C)nn3cccnc23)C1. The largest absolute Gasteiger partial charge is 0.349 e. The highest BCUT2D eigenvalue weighted by molar-refractivity contribution is 7.99. The molecule has 0 saturated heterocycles. The Hall–Kier alpha value is -1.56. The minimum atomic E-state index is -0.0482. The smallest absolute Gasteiger partial charge is 0.257 e. The van der Waals surface area contributed by atoms with Gasteiger partial charge in [-0.3, -0.25) is 4.79 Å². The third-order valence-electron chi connectivity index (χ3n) is 4.09. The van der Waals surface area contributed by atoms with Crippen LogP contribution in [0.5, 0.6) is 0 Å². The lowest BCUT2D eigenvalue weighted by Gasteiger charge is -2.28. The summed E-state index contributed by atoms with van der Waals surface area (Å²) in [6.07, 6.45) is 10.2. The molecule has 1 N–H and O–H groups in total. The molecule has 2 atom stereocenters. The molecule has 2 heterocycles. The number of thioether (sulfide) groups is 1. The Morgan fingerprint density at radius 2 is 2.33 bits per heavy atom. The van der Waals surface area contributed by atoms with E-state index in [1.54, 1.807) is 10.7 Å². The molecular formula is C15H20N4OS. The van der Waals surface area contributed by atoms with E-state index in [4.69, 9.17) is 0 Å². The second-order valence-electron chi connectivity index (χ2n) is 5.54. The summed E-state index contributed by atoms with van der Waals surface area (Å²) in [5, 5.41) is 8.18. The van der Waals surface area contributed by atoms with Crippen LogP contribution in [0.25, 0.3) is 5.65 Å². The van der Waals surface area contributed by atoms with Crippen molar-refractivity contribution in [3.05, 3.63) is 29.7 Å². The Labute approximate surface area is 128 Å². The van der Waals surface area contributed by atoms with Crippen LogP contribution in [-0.4, -0.2) is 38.1 Å². The van der Waals surface area contributed by atoms with Gasteiger partial charge in [-0.1, -0.05) is 6.42 Å². The molecule has 6 heteroatoms. The summed E-state index contributed by atoms with van der Waals surface area (Å²) in [6.45, 7) is 1.86. The fraction of sp³-hybridized carbons (Fsp3) is 0.533. The van der Waals surface area contributed by atoms with E-state index in [0.717, 1.165) is 18.5 Å². The summed E-state index contributed by atoms with van der Waals surface area (Å²) >= 11 is 1.90. The second-order valence-corrected chi connectivity index (χ2v) is 6.68. The van der Waals surface area contributed by atoms with Crippen LogP contribution in [0.1, 0.15) is 41.7 Å². The highest BCUT2D eigenvalue weighted by atomic mass is 32.2. The van der Waals surface area contributed by atoms with E-state index in [1.165, 1.54) is 12.8 Å². The van der Waals surface area contributed by atoms with Crippen molar-refractivity contribution in [2.75, 3.05) is 6.26 Å². The minimum absolute atomic E-state index is 0.0482. The molecule has 3 rings (SSSR count). The maximum Gasteiger partial charge on any atom is 0.257 e. The van der Waals surface area contributed by atoms with Crippen LogP contribution in [0, 0.1) is 6.92 Å². The third-order valence-corrected chi connectivity index (χ3v) is 5.19. The quantitative estimate of drug-likeness (QED) is 0.946. The van der Waals surface area contributed by atoms with E-state index in [0.29, 0.717) is 16.5 Å². The molecule has 1 saturated carbocycles. The van der Waals surface area contributed by atoms with Gasteiger partial charge in [0.2, 0.25) is 0 Å². The van der Waals surface area contributed by atoms with Crippen LogP contribution in [0.3, 0.4) is 0 Å². The molecule has 0 aromatic carbocycles. The Morgan fingerprint density at radius 1 is 1.48 bits per heavy atom. The molecule has 1 aliphatic rings. The molecular weight excluding hydrogens is 284 g/mol. The van der Waals surface area contributed by atoms with Crippen molar-refractivity contribution >= 4 is 23.3 Å². The van der Waals surface area contributed by atoms with Gasteiger partial charge in [0, 0.05) is 23.7 Å². The number of nitrogens with one attached hydrogen (secondary N) is 1. The Balaban J connectivity index is 1.79. The molecule has 5 nitrogen and oxygen atoms in total. The van der Waals surface area contributed by atoms with E-state index < -0.39 is 0 Å². The average molecular weight is 304 g/mol. The zero-order chi connectivity index (χ0) is 14.8. The van der Waals surface area contributed by atoms with E-state index in [9.17, 15) is 4.79 Å². The molecule has 0 radical (unpaired) electrons. The first-order valence-corrected chi connectivity index (χ1v) is 8.61. The Bertz CT molecular complexity index is 654. The third kappa shape index (κ3) is 2.90. The number of fused-ring (bicyclic) bond motifs is 1. The van der Waals surface area contributed by atoms with Crippen molar-refractivity contribution in [3.8, 4) is 0 Å². The van der Waals surface area contributed by atoms with Gasteiger partial charge in [0.05, 0.1) is 5.69 Å². The highest BCUT2D eigenvalue weighted by Crippen LogP contribution is 2.27. The van der Waals surface area contributed by atoms with Crippen molar-refractivity contribution in [3.63, 3.8) is 0 Å². The van der Waals surface area contributed by atoms with Crippen molar-refractivity contribution in [1.29, 1.82) is 0 Å². The predicted octanol–water partition coefficient (Wildman–Crippen LogP) is 2.44. The first-order chi connectivity index (χ1) is 10.2. The minimum Gasteiger partial charge on any atom is -0.349 e. The number of hydrogen-bond acceptors (Lipinski definition) is 4. The van der Waals surface area contributed by atoms with Gasteiger partial charge in [-0.05, 0) is 38.5 Å². The maximum absolute atomic E-state index is 12.6. The van der Waals surface area contributed by atoms with Gasteiger partial charge in [0.1, 0.15) is 5.56 Å². The van der Waals surface area contributed by atoms with Gasteiger partial charge in [-0.2, -0.15) is 16.9 Å². The lowest BCUT2D eigenvalue weighted by Crippen LogP contribution is -2.39. The summed E-state index contributed by atoms with van der Waals surface area (Å²) in [7, 11) is 0. The topological polar surface area (TPSA) is 59.3 Å². The number of carbonyl (C=O) groups excluding carboxylic acids is 1. The van der Waals surface area contributed by atoms with E-state index in [1.807, 2.05) is 30.9 Å². The zero-order valence-corrected chi connectivity index (χ0v) is 13.2. The summed E-state index contributed by atoms with van der Waals surface area (Å²) < 4.78 is 1.66. The molecule has 0 unspecified atom stereocenters. The number of rotatable bonds is 3. The van der Waals surface area contributed by atoms with E-state index >= 15 is 0 Å². The molecule has 112 valence electrons. The van der Waals surface area contributed by atoms with Crippen LogP contribution >= 0.6 is 11.8 Å². The fourth-order valence-electron chi connectivity index (χ4n) is 3.01. The first-order valence-electron chi connectivity index (χ1n) is 7.32. The number of nitrogens with zero attached hydrogens (tertiary/aromatic N) is 3. The molecule has 1 amide bonds. The van der Waals surface area contributed by atoms with Crippen LogP contribution in [-0.2, 0) is 0 Å². The van der Waals surface area contributed by atoms with Crippen LogP contribution in [0.2, 0.25) is 0 Å². The molecule has 0 bridgehead atoms.